The molecule has 0 saturated heterocycles. The number of nitrogens with zero attached hydrogens (tertiary/aromatic N) is 1. The number of rotatable bonds is 8. The maximum absolute atomic E-state index is 12.4. The topological polar surface area (TPSA) is 81.4 Å². The molecule has 0 aliphatic rings. The number of ether oxygens (including phenoxy) is 1. The molecule has 0 radical (unpaired) electrons. The number of hydrogen-bond donors (Lipinski definition) is 1. The van der Waals surface area contributed by atoms with Gasteiger partial charge in [0.2, 0.25) is 0 Å². The Morgan fingerprint density at radius 2 is 2.03 bits per heavy atom. The van der Waals surface area contributed by atoms with E-state index in [1.54, 1.807) is 31.5 Å². The molecule has 7 heteroatoms. The van der Waals surface area contributed by atoms with Crippen LogP contribution in [-0.2, 0) is 17.8 Å². The van der Waals surface area contributed by atoms with Crippen LogP contribution in [0.2, 0.25) is 5.02 Å². The van der Waals surface area contributed by atoms with E-state index >= 15 is 0 Å². The molecule has 6 nitrogen and oxygen atoms in total. The van der Waals surface area contributed by atoms with Crippen LogP contribution >= 0.6 is 11.6 Å². The number of carbonyl (C=O) groups excluding carboxylic acids is 1. The summed E-state index contributed by atoms with van der Waals surface area (Å²) in [5.74, 6) is 0.0117. The molecule has 0 aliphatic carbocycles. The Hall–Kier alpha value is -2.86. The first-order chi connectivity index (χ1) is 14.0. The predicted octanol–water partition coefficient (Wildman–Crippen LogP) is 4.27. The number of halogens is 1. The number of unbranched alkanes of at least 4 members (excludes halogenated alkanes) is 1. The number of carbonyl (C=O) groups is 1. The lowest BCUT2D eigenvalue weighted by atomic mass is 10.0. The molecule has 2 heterocycles. The van der Waals surface area contributed by atoms with Crippen LogP contribution in [-0.4, -0.2) is 17.0 Å². The summed E-state index contributed by atoms with van der Waals surface area (Å²) in [7, 11) is 0. The molecule has 1 amide bonds. The molecule has 0 fully saturated rings. The molecular weight excluding hydrogens is 392 g/mol. The highest BCUT2D eigenvalue weighted by atomic mass is 35.5. The van der Waals surface area contributed by atoms with E-state index in [1.807, 2.05) is 12.1 Å². The lowest BCUT2D eigenvalue weighted by molar-refractivity contribution is -0.127. The van der Waals surface area contributed by atoms with Gasteiger partial charge in [0.15, 0.2) is 6.10 Å². The minimum absolute atomic E-state index is 0.281. The summed E-state index contributed by atoms with van der Waals surface area (Å²) in [6.07, 6.45) is 5.30. The molecule has 2 aromatic heterocycles. The first kappa shape index (κ1) is 20.9. The van der Waals surface area contributed by atoms with Gasteiger partial charge < -0.3 is 14.5 Å². The molecule has 3 aromatic rings. The quantitative estimate of drug-likeness (QED) is 0.557. The number of pyridine rings is 1. The van der Waals surface area contributed by atoms with Gasteiger partial charge in [-0.3, -0.25) is 9.78 Å². The molecule has 29 heavy (non-hydrogen) atoms. The Kier molecular flexibility index (Phi) is 6.88. The normalized spacial score (nSPS) is 12.0. The van der Waals surface area contributed by atoms with Crippen LogP contribution in [0.15, 0.2) is 51.9 Å². The Morgan fingerprint density at radius 3 is 2.76 bits per heavy atom. The molecule has 1 aromatic carbocycles. The highest BCUT2D eigenvalue weighted by Crippen LogP contribution is 2.32. The molecule has 152 valence electrons. The molecule has 3 rings (SSSR count). The van der Waals surface area contributed by atoms with Gasteiger partial charge in [-0.1, -0.05) is 24.9 Å². The van der Waals surface area contributed by atoms with Crippen molar-refractivity contribution < 1.29 is 13.9 Å². The maximum atomic E-state index is 12.4. The van der Waals surface area contributed by atoms with Gasteiger partial charge in [0.05, 0.1) is 5.02 Å². The lowest BCUT2D eigenvalue weighted by Gasteiger charge is -2.16. The average molecular weight is 415 g/mol. The third-order valence-corrected chi connectivity index (χ3v) is 4.87. The molecule has 1 N–H and O–H groups in total. The van der Waals surface area contributed by atoms with Gasteiger partial charge in [-0.2, -0.15) is 0 Å². The van der Waals surface area contributed by atoms with Crippen molar-refractivity contribution in [1.29, 1.82) is 0 Å². The van der Waals surface area contributed by atoms with Gasteiger partial charge in [-0.15, -0.1) is 0 Å². The minimum atomic E-state index is -0.776. The van der Waals surface area contributed by atoms with E-state index < -0.39 is 11.7 Å². The molecule has 0 aliphatic heterocycles. The van der Waals surface area contributed by atoms with Crippen LogP contribution in [0.5, 0.6) is 5.75 Å². The second-order valence-corrected chi connectivity index (χ2v) is 7.21. The summed E-state index contributed by atoms with van der Waals surface area (Å²) >= 11 is 6.39. The third kappa shape index (κ3) is 5.35. The van der Waals surface area contributed by atoms with Crippen LogP contribution in [0.3, 0.4) is 0 Å². The fourth-order valence-corrected chi connectivity index (χ4v) is 3.18. The number of benzene rings is 1. The van der Waals surface area contributed by atoms with E-state index in [4.69, 9.17) is 20.8 Å². The van der Waals surface area contributed by atoms with Crippen molar-refractivity contribution in [2.24, 2.45) is 0 Å². The molecule has 1 atom stereocenters. The first-order valence-corrected chi connectivity index (χ1v) is 9.95. The summed E-state index contributed by atoms with van der Waals surface area (Å²) in [4.78, 5) is 28.2. The Balaban J connectivity index is 1.76. The van der Waals surface area contributed by atoms with Gasteiger partial charge in [0.1, 0.15) is 11.3 Å². The fourth-order valence-electron chi connectivity index (χ4n) is 2.97. The van der Waals surface area contributed by atoms with Crippen LogP contribution in [0.25, 0.3) is 11.0 Å². The van der Waals surface area contributed by atoms with Crippen molar-refractivity contribution >= 4 is 28.5 Å². The van der Waals surface area contributed by atoms with E-state index in [2.05, 4.69) is 17.2 Å². The van der Waals surface area contributed by atoms with E-state index in [1.165, 1.54) is 6.07 Å². The minimum Gasteiger partial charge on any atom is -0.479 e. The summed E-state index contributed by atoms with van der Waals surface area (Å²) in [6.45, 7) is 4.10. The van der Waals surface area contributed by atoms with Crippen molar-refractivity contribution in [3.8, 4) is 5.75 Å². The van der Waals surface area contributed by atoms with Gasteiger partial charge in [0.25, 0.3) is 5.91 Å². The van der Waals surface area contributed by atoms with Crippen LogP contribution in [0, 0.1) is 0 Å². The maximum Gasteiger partial charge on any atom is 0.336 e. The molecule has 1 unspecified atom stereocenters. The zero-order chi connectivity index (χ0) is 20.8. The Bertz CT molecular complexity index is 1050. The van der Waals surface area contributed by atoms with Gasteiger partial charge in [-0.25, -0.2) is 4.79 Å². The predicted molar refractivity (Wildman–Crippen MR) is 112 cm³/mol. The standard InChI is InChI=1S/C22H23ClN2O4/c1-3-4-5-16-10-21(26)29-19-12-20(18(23)11-17(16)19)28-14(2)22(27)25-13-15-6-8-24-9-7-15/h6-12,14H,3-5,13H2,1-2H3,(H,25,27). The van der Waals surface area contributed by atoms with Crippen molar-refractivity contribution in [1.82, 2.24) is 10.3 Å². The molecule has 0 spiro atoms. The Morgan fingerprint density at radius 1 is 1.28 bits per heavy atom. The zero-order valence-corrected chi connectivity index (χ0v) is 17.2. The van der Waals surface area contributed by atoms with Crippen LogP contribution in [0.1, 0.15) is 37.8 Å². The summed E-state index contributed by atoms with van der Waals surface area (Å²) < 4.78 is 11.1. The largest absolute Gasteiger partial charge is 0.479 e. The number of aryl methyl sites for hydroxylation is 1. The van der Waals surface area contributed by atoms with E-state index in [0.29, 0.717) is 22.9 Å². The Labute approximate surface area is 173 Å². The number of fused-ring (bicyclic) bond motifs is 1. The number of hydrogen-bond acceptors (Lipinski definition) is 5. The van der Waals surface area contributed by atoms with E-state index in [9.17, 15) is 9.59 Å². The lowest BCUT2D eigenvalue weighted by Crippen LogP contribution is -2.35. The van der Waals surface area contributed by atoms with Crippen molar-refractivity contribution in [2.75, 3.05) is 0 Å². The van der Waals surface area contributed by atoms with E-state index in [-0.39, 0.29) is 5.91 Å². The van der Waals surface area contributed by atoms with E-state index in [0.717, 1.165) is 35.8 Å². The molecule has 0 bridgehead atoms. The summed E-state index contributed by atoms with van der Waals surface area (Å²) in [6, 6.07) is 8.45. The van der Waals surface area contributed by atoms with Crippen LogP contribution in [0.4, 0.5) is 0 Å². The van der Waals surface area contributed by atoms with Gasteiger partial charge in [-0.05, 0) is 49.1 Å². The SMILES string of the molecule is CCCCc1cc(=O)oc2cc(OC(C)C(=O)NCc3ccncc3)c(Cl)cc12. The second-order valence-electron chi connectivity index (χ2n) is 6.81. The van der Waals surface area contributed by atoms with Gasteiger partial charge >= 0.3 is 5.63 Å². The smallest absolute Gasteiger partial charge is 0.336 e. The van der Waals surface area contributed by atoms with Crippen LogP contribution < -0.4 is 15.7 Å². The highest BCUT2D eigenvalue weighted by molar-refractivity contribution is 6.32. The third-order valence-electron chi connectivity index (χ3n) is 4.57. The number of nitrogens with one attached hydrogen (secondary N) is 1. The van der Waals surface area contributed by atoms with Gasteiger partial charge in [0, 0.05) is 36.5 Å². The molecular formula is C22H23ClN2O4. The second kappa shape index (κ2) is 9.56. The monoisotopic (exact) mass is 414 g/mol. The summed E-state index contributed by atoms with van der Waals surface area (Å²) in [5.41, 5.74) is 1.81. The van der Waals surface area contributed by atoms with Crippen molar-refractivity contribution in [3.05, 3.63) is 69.3 Å². The zero-order valence-electron chi connectivity index (χ0n) is 16.4. The van der Waals surface area contributed by atoms with Crippen molar-refractivity contribution in [2.45, 2.75) is 45.8 Å². The first-order valence-electron chi connectivity index (χ1n) is 9.57. The number of amides is 1. The molecule has 0 saturated carbocycles. The average Bonchev–Trinajstić information content (AvgIpc) is 2.72. The number of aromatic nitrogens is 1. The fraction of sp³-hybridized carbons (Fsp3) is 0.318. The van der Waals surface area contributed by atoms with Crippen molar-refractivity contribution in [3.63, 3.8) is 0 Å². The summed E-state index contributed by atoms with van der Waals surface area (Å²) in [5, 5.41) is 3.95. The highest BCUT2D eigenvalue weighted by Gasteiger charge is 2.18.